The van der Waals surface area contributed by atoms with E-state index in [9.17, 15) is 9.59 Å². The highest BCUT2D eigenvalue weighted by molar-refractivity contribution is 5.92. The first kappa shape index (κ1) is 19.0. The molecule has 0 saturated heterocycles. The van der Waals surface area contributed by atoms with Crippen molar-refractivity contribution in [3.05, 3.63) is 65.7 Å². The van der Waals surface area contributed by atoms with Crippen LogP contribution in [0.15, 0.2) is 54.6 Å². The standard InChI is InChI=1S/C22H26N2O3/c1-27-20-10-6-5-9-17(20)12-14-24-22(26)19-15-18(19)21(25)23-13-11-16-7-3-2-4-8-16/h2-10,18-19H,11-15H2,1H3,(H,23,25)(H,24,26). The summed E-state index contributed by atoms with van der Waals surface area (Å²) in [6.07, 6.45) is 2.14. The second-order valence-electron chi connectivity index (χ2n) is 6.83. The van der Waals surface area contributed by atoms with Gasteiger partial charge in [-0.3, -0.25) is 9.59 Å². The zero-order valence-electron chi connectivity index (χ0n) is 15.6. The minimum atomic E-state index is -0.195. The highest BCUT2D eigenvalue weighted by Crippen LogP contribution is 2.38. The third kappa shape index (κ3) is 5.33. The molecule has 2 aromatic rings. The van der Waals surface area contributed by atoms with Gasteiger partial charge in [-0.2, -0.15) is 0 Å². The Bertz CT molecular complexity index is 776. The van der Waals surface area contributed by atoms with Crippen molar-refractivity contribution in [3.8, 4) is 5.75 Å². The van der Waals surface area contributed by atoms with E-state index in [1.54, 1.807) is 7.11 Å². The van der Waals surface area contributed by atoms with E-state index in [4.69, 9.17) is 4.74 Å². The second kappa shape index (κ2) is 9.21. The van der Waals surface area contributed by atoms with Gasteiger partial charge in [0.05, 0.1) is 18.9 Å². The Morgan fingerprint density at radius 1 is 0.889 bits per heavy atom. The predicted octanol–water partition coefficient (Wildman–Crippen LogP) is 2.35. The van der Waals surface area contributed by atoms with Crippen molar-refractivity contribution in [2.24, 2.45) is 11.8 Å². The van der Waals surface area contributed by atoms with Gasteiger partial charge in [-0.15, -0.1) is 0 Å². The monoisotopic (exact) mass is 366 g/mol. The average molecular weight is 366 g/mol. The van der Waals surface area contributed by atoms with Gasteiger partial charge in [0.25, 0.3) is 0 Å². The van der Waals surface area contributed by atoms with Crippen LogP contribution in [-0.4, -0.2) is 32.0 Å². The Labute approximate surface area is 160 Å². The first-order chi connectivity index (χ1) is 13.2. The molecule has 0 aliphatic heterocycles. The topological polar surface area (TPSA) is 67.4 Å². The molecule has 0 heterocycles. The molecule has 0 radical (unpaired) electrons. The summed E-state index contributed by atoms with van der Waals surface area (Å²) in [4.78, 5) is 24.4. The number of amides is 2. The molecule has 1 saturated carbocycles. The Morgan fingerprint density at radius 3 is 2.15 bits per heavy atom. The van der Waals surface area contributed by atoms with Gasteiger partial charge in [-0.05, 0) is 36.5 Å². The molecule has 3 rings (SSSR count). The minimum absolute atomic E-state index is 0.0178. The van der Waals surface area contributed by atoms with Crippen LogP contribution in [0.1, 0.15) is 17.5 Å². The molecule has 1 aliphatic carbocycles. The van der Waals surface area contributed by atoms with Crippen molar-refractivity contribution in [1.82, 2.24) is 10.6 Å². The van der Waals surface area contributed by atoms with E-state index in [0.29, 0.717) is 25.9 Å². The Morgan fingerprint density at radius 2 is 1.48 bits per heavy atom. The SMILES string of the molecule is COc1ccccc1CCNC(=O)C1CC1C(=O)NCCc1ccccc1. The number of carbonyl (C=O) groups is 2. The van der Waals surface area contributed by atoms with E-state index in [2.05, 4.69) is 10.6 Å². The first-order valence-corrected chi connectivity index (χ1v) is 9.40. The van der Waals surface area contributed by atoms with Crippen LogP contribution in [0.25, 0.3) is 0 Å². The first-order valence-electron chi connectivity index (χ1n) is 9.40. The summed E-state index contributed by atoms with van der Waals surface area (Å²) in [6, 6.07) is 17.8. The van der Waals surface area contributed by atoms with Crippen LogP contribution in [0, 0.1) is 11.8 Å². The number of carbonyl (C=O) groups excluding carboxylic acids is 2. The lowest BCUT2D eigenvalue weighted by molar-refractivity contribution is -0.127. The summed E-state index contributed by atoms with van der Waals surface area (Å²) < 4.78 is 5.31. The van der Waals surface area contributed by atoms with Gasteiger partial charge in [-0.1, -0.05) is 48.5 Å². The molecule has 142 valence electrons. The van der Waals surface area contributed by atoms with E-state index in [1.807, 2.05) is 54.6 Å². The predicted molar refractivity (Wildman–Crippen MR) is 104 cm³/mol. The molecule has 1 fully saturated rings. The van der Waals surface area contributed by atoms with Gasteiger partial charge in [-0.25, -0.2) is 0 Å². The Balaban J connectivity index is 1.35. The third-order valence-corrected chi connectivity index (χ3v) is 4.91. The van der Waals surface area contributed by atoms with E-state index < -0.39 is 0 Å². The van der Waals surface area contributed by atoms with E-state index in [1.165, 1.54) is 5.56 Å². The zero-order chi connectivity index (χ0) is 19.1. The van der Waals surface area contributed by atoms with Gasteiger partial charge < -0.3 is 15.4 Å². The van der Waals surface area contributed by atoms with Crippen molar-refractivity contribution in [3.63, 3.8) is 0 Å². The van der Waals surface area contributed by atoms with Crippen molar-refractivity contribution >= 4 is 11.8 Å². The maximum atomic E-state index is 12.2. The molecule has 0 bridgehead atoms. The van der Waals surface area contributed by atoms with Crippen LogP contribution >= 0.6 is 0 Å². The van der Waals surface area contributed by atoms with Crippen LogP contribution in [0.5, 0.6) is 5.75 Å². The number of nitrogens with one attached hydrogen (secondary N) is 2. The largest absolute Gasteiger partial charge is 0.496 e. The number of hydrogen-bond donors (Lipinski definition) is 2. The molecule has 0 spiro atoms. The van der Waals surface area contributed by atoms with Gasteiger partial charge in [0.2, 0.25) is 11.8 Å². The van der Waals surface area contributed by atoms with Crippen LogP contribution in [0.3, 0.4) is 0 Å². The fourth-order valence-corrected chi connectivity index (χ4v) is 3.24. The molecule has 2 amide bonds. The highest BCUT2D eigenvalue weighted by Gasteiger charge is 2.47. The van der Waals surface area contributed by atoms with Crippen molar-refractivity contribution in [2.75, 3.05) is 20.2 Å². The highest BCUT2D eigenvalue weighted by atomic mass is 16.5. The van der Waals surface area contributed by atoms with Gasteiger partial charge in [0.1, 0.15) is 5.75 Å². The molecule has 0 aromatic heterocycles. The lowest BCUT2D eigenvalue weighted by Crippen LogP contribution is -2.32. The fraction of sp³-hybridized carbons (Fsp3) is 0.364. The molecule has 5 heteroatoms. The number of rotatable bonds is 9. The summed E-state index contributed by atoms with van der Waals surface area (Å²) >= 11 is 0. The molecular formula is C22H26N2O3. The fourth-order valence-electron chi connectivity index (χ4n) is 3.24. The second-order valence-corrected chi connectivity index (χ2v) is 6.83. The van der Waals surface area contributed by atoms with Crippen molar-refractivity contribution in [1.29, 1.82) is 0 Å². The summed E-state index contributed by atoms with van der Waals surface area (Å²) in [5.41, 5.74) is 2.26. The Hall–Kier alpha value is -2.82. The van der Waals surface area contributed by atoms with Gasteiger partial charge >= 0.3 is 0 Å². The molecule has 2 N–H and O–H groups in total. The maximum Gasteiger partial charge on any atom is 0.223 e. The third-order valence-electron chi connectivity index (χ3n) is 4.91. The smallest absolute Gasteiger partial charge is 0.223 e. The lowest BCUT2D eigenvalue weighted by Gasteiger charge is -2.09. The van der Waals surface area contributed by atoms with Crippen LogP contribution in [-0.2, 0) is 22.4 Å². The molecule has 27 heavy (non-hydrogen) atoms. The van der Waals surface area contributed by atoms with E-state index >= 15 is 0 Å². The van der Waals surface area contributed by atoms with Crippen LogP contribution in [0.4, 0.5) is 0 Å². The number of para-hydroxylation sites is 1. The normalized spacial score (nSPS) is 17.8. The lowest BCUT2D eigenvalue weighted by atomic mass is 10.1. The molecule has 2 aromatic carbocycles. The molecule has 2 unspecified atom stereocenters. The molecule has 1 aliphatic rings. The van der Waals surface area contributed by atoms with Crippen molar-refractivity contribution in [2.45, 2.75) is 19.3 Å². The maximum absolute atomic E-state index is 12.2. The zero-order valence-corrected chi connectivity index (χ0v) is 15.6. The van der Waals surface area contributed by atoms with Gasteiger partial charge in [0, 0.05) is 13.1 Å². The number of ether oxygens (including phenoxy) is 1. The summed E-state index contributed by atoms with van der Waals surface area (Å²) in [6.45, 7) is 1.14. The van der Waals surface area contributed by atoms with E-state index in [-0.39, 0.29) is 23.7 Å². The number of benzene rings is 2. The summed E-state index contributed by atoms with van der Waals surface area (Å²) in [5, 5.41) is 5.88. The number of hydrogen-bond acceptors (Lipinski definition) is 3. The Kier molecular flexibility index (Phi) is 6.47. The quantitative estimate of drug-likeness (QED) is 0.716. The van der Waals surface area contributed by atoms with Gasteiger partial charge in [0.15, 0.2) is 0 Å². The number of methoxy groups -OCH3 is 1. The van der Waals surface area contributed by atoms with Crippen LogP contribution in [0.2, 0.25) is 0 Å². The molecule has 5 nitrogen and oxygen atoms in total. The summed E-state index contributed by atoms with van der Waals surface area (Å²) in [7, 11) is 1.64. The molecular weight excluding hydrogens is 340 g/mol. The van der Waals surface area contributed by atoms with Crippen LogP contribution < -0.4 is 15.4 Å². The average Bonchev–Trinajstić information content (AvgIpc) is 3.50. The van der Waals surface area contributed by atoms with Crippen molar-refractivity contribution < 1.29 is 14.3 Å². The molecule has 2 atom stereocenters. The summed E-state index contributed by atoms with van der Waals surface area (Å²) in [5.74, 6) is 0.393. The van der Waals surface area contributed by atoms with E-state index in [0.717, 1.165) is 17.7 Å². The minimum Gasteiger partial charge on any atom is -0.496 e.